The van der Waals surface area contributed by atoms with Crippen molar-refractivity contribution in [1.29, 1.82) is 0 Å². The maximum absolute atomic E-state index is 3.66. The van der Waals surface area contributed by atoms with Gasteiger partial charge in [-0.2, -0.15) is 11.8 Å². The van der Waals surface area contributed by atoms with Crippen LogP contribution in [0.4, 0.5) is 0 Å². The van der Waals surface area contributed by atoms with Crippen LogP contribution in [-0.2, 0) is 0 Å². The molecule has 2 aliphatic rings. The first-order valence-corrected chi connectivity index (χ1v) is 8.07. The lowest BCUT2D eigenvalue weighted by Gasteiger charge is -2.43. The Kier molecular flexibility index (Phi) is 4.57. The quantitative estimate of drug-likeness (QED) is 0.818. The Bertz CT molecular complexity index is 222. The number of hydrogen-bond acceptors (Lipinski definition) is 3. The summed E-state index contributed by atoms with van der Waals surface area (Å²) in [6.07, 6.45) is 7.84. The van der Waals surface area contributed by atoms with Crippen LogP contribution < -0.4 is 5.32 Å². The molecule has 1 heterocycles. The fourth-order valence-corrected chi connectivity index (χ4v) is 4.26. The van der Waals surface area contributed by atoms with Gasteiger partial charge in [-0.3, -0.25) is 4.90 Å². The second-order valence-corrected chi connectivity index (χ2v) is 6.41. The zero-order chi connectivity index (χ0) is 11.5. The van der Waals surface area contributed by atoms with E-state index in [-0.39, 0.29) is 0 Å². The van der Waals surface area contributed by atoms with Gasteiger partial charge in [0, 0.05) is 36.5 Å². The largest absolute Gasteiger partial charge is 0.311 e. The predicted octanol–water partition coefficient (Wildman–Crippen LogP) is 2.34. The van der Waals surface area contributed by atoms with E-state index < -0.39 is 0 Å². The lowest BCUT2D eigenvalue weighted by Crippen LogP contribution is -2.59. The van der Waals surface area contributed by atoms with E-state index in [1.807, 2.05) is 0 Å². The van der Waals surface area contributed by atoms with Crippen molar-refractivity contribution >= 4 is 11.8 Å². The molecule has 1 aliphatic heterocycles. The molecule has 4 atom stereocenters. The van der Waals surface area contributed by atoms with E-state index in [1.165, 1.54) is 38.8 Å². The first-order valence-electron chi connectivity index (χ1n) is 6.78. The zero-order valence-electron chi connectivity index (χ0n) is 10.9. The predicted molar refractivity (Wildman–Crippen MR) is 73.2 cm³/mol. The van der Waals surface area contributed by atoms with Crippen molar-refractivity contribution in [3.63, 3.8) is 0 Å². The molecule has 0 aromatic carbocycles. The molecule has 1 saturated heterocycles. The minimum atomic E-state index is 0.722. The van der Waals surface area contributed by atoms with Crippen LogP contribution in [0.1, 0.15) is 39.5 Å². The molecular formula is C13H26N2S. The highest BCUT2D eigenvalue weighted by atomic mass is 32.2. The summed E-state index contributed by atoms with van der Waals surface area (Å²) in [5, 5.41) is 4.54. The average molecular weight is 242 g/mol. The second kappa shape index (κ2) is 5.74. The molecule has 0 aromatic heterocycles. The fourth-order valence-electron chi connectivity index (χ4n) is 3.25. The highest BCUT2D eigenvalue weighted by molar-refractivity contribution is 7.99. The van der Waals surface area contributed by atoms with Gasteiger partial charge in [0.1, 0.15) is 0 Å². The fraction of sp³-hybridized carbons (Fsp3) is 1.00. The van der Waals surface area contributed by atoms with Crippen LogP contribution in [-0.4, -0.2) is 47.6 Å². The number of hydrogen-bond donors (Lipinski definition) is 1. The van der Waals surface area contributed by atoms with Gasteiger partial charge >= 0.3 is 0 Å². The number of rotatable bonds is 3. The second-order valence-electron chi connectivity index (χ2n) is 5.33. The summed E-state index contributed by atoms with van der Waals surface area (Å²) in [4.78, 5) is 2.79. The van der Waals surface area contributed by atoms with Gasteiger partial charge in [0.2, 0.25) is 0 Å². The van der Waals surface area contributed by atoms with E-state index in [0.29, 0.717) is 0 Å². The Morgan fingerprint density at radius 1 is 1.38 bits per heavy atom. The molecule has 2 rings (SSSR count). The highest BCUT2D eigenvalue weighted by Gasteiger charge is 2.36. The maximum atomic E-state index is 3.66. The molecule has 0 amide bonds. The third-order valence-corrected chi connectivity index (χ3v) is 5.49. The third kappa shape index (κ3) is 2.57. The molecule has 0 bridgehead atoms. The molecule has 0 aromatic rings. The number of nitrogens with one attached hydrogen (secondary N) is 1. The highest BCUT2D eigenvalue weighted by Crippen LogP contribution is 2.33. The zero-order valence-corrected chi connectivity index (χ0v) is 11.7. The van der Waals surface area contributed by atoms with Crippen LogP contribution in [0.3, 0.4) is 0 Å². The Balaban J connectivity index is 2.00. The molecule has 0 radical (unpaired) electrons. The normalized spacial score (nSPS) is 41.4. The monoisotopic (exact) mass is 242 g/mol. The first kappa shape index (κ1) is 12.7. The summed E-state index contributed by atoms with van der Waals surface area (Å²) in [6, 6.07) is 2.29. The molecule has 94 valence electrons. The number of thioether (sulfide) groups is 1. The minimum absolute atomic E-state index is 0.722. The van der Waals surface area contributed by atoms with Crippen molar-refractivity contribution in [2.24, 2.45) is 0 Å². The van der Waals surface area contributed by atoms with Crippen LogP contribution in [0.2, 0.25) is 0 Å². The standard InChI is InChI=1S/C13H26N2S/c1-4-11-9-15(10(2)8-14-11)12-6-5-7-13(12)16-3/h10-14H,4-9H2,1-3H3. The average Bonchev–Trinajstić information content (AvgIpc) is 2.77. The van der Waals surface area contributed by atoms with E-state index in [9.17, 15) is 0 Å². The molecule has 2 fully saturated rings. The molecule has 16 heavy (non-hydrogen) atoms. The molecule has 2 nitrogen and oxygen atoms in total. The topological polar surface area (TPSA) is 15.3 Å². The molecule has 1 N–H and O–H groups in total. The number of nitrogens with zero attached hydrogens (tertiary/aromatic N) is 1. The van der Waals surface area contributed by atoms with Crippen molar-refractivity contribution in [3.05, 3.63) is 0 Å². The maximum Gasteiger partial charge on any atom is 0.0218 e. The minimum Gasteiger partial charge on any atom is -0.311 e. The van der Waals surface area contributed by atoms with Crippen LogP contribution in [0.25, 0.3) is 0 Å². The number of piperazine rings is 1. The van der Waals surface area contributed by atoms with Crippen LogP contribution in [0.5, 0.6) is 0 Å². The van der Waals surface area contributed by atoms with Gasteiger partial charge < -0.3 is 5.32 Å². The van der Waals surface area contributed by atoms with Gasteiger partial charge in [0.15, 0.2) is 0 Å². The smallest absolute Gasteiger partial charge is 0.0218 e. The summed E-state index contributed by atoms with van der Waals surface area (Å²) >= 11 is 2.08. The molecule has 1 aliphatic carbocycles. The van der Waals surface area contributed by atoms with Gasteiger partial charge in [0.05, 0.1) is 0 Å². The van der Waals surface area contributed by atoms with Crippen LogP contribution in [0.15, 0.2) is 0 Å². The molecule has 4 unspecified atom stereocenters. The Morgan fingerprint density at radius 2 is 2.19 bits per heavy atom. The van der Waals surface area contributed by atoms with Crippen molar-refractivity contribution in [2.75, 3.05) is 19.3 Å². The third-order valence-electron chi connectivity index (χ3n) is 4.34. The van der Waals surface area contributed by atoms with Crippen molar-refractivity contribution in [1.82, 2.24) is 10.2 Å². The summed E-state index contributed by atoms with van der Waals surface area (Å²) in [5.41, 5.74) is 0. The van der Waals surface area contributed by atoms with Crippen molar-refractivity contribution in [2.45, 2.75) is 62.9 Å². The van der Waals surface area contributed by atoms with Gasteiger partial charge in [0.25, 0.3) is 0 Å². The first-order chi connectivity index (χ1) is 7.76. The molecule has 0 spiro atoms. The van der Waals surface area contributed by atoms with E-state index in [4.69, 9.17) is 0 Å². The lowest BCUT2D eigenvalue weighted by atomic mass is 10.0. The Hall–Kier alpha value is 0.270. The summed E-state index contributed by atoms with van der Waals surface area (Å²) < 4.78 is 0. The Morgan fingerprint density at radius 3 is 2.88 bits per heavy atom. The van der Waals surface area contributed by atoms with E-state index >= 15 is 0 Å². The van der Waals surface area contributed by atoms with E-state index in [2.05, 4.69) is 42.1 Å². The molecule has 3 heteroatoms. The van der Waals surface area contributed by atoms with Crippen LogP contribution >= 0.6 is 11.8 Å². The van der Waals surface area contributed by atoms with Gasteiger partial charge in [-0.25, -0.2) is 0 Å². The van der Waals surface area contributed by atoms with Gasteiger partial charge in [-0.05, 0) is 32.4 Å². The van der Waals surface area contributed by atoms with E-state index in [1.54, 1.807) is 0 Å². The van der Waals surface area contributed by atoms with Crippen molar-refractivity contribution < 1.29 is 0 Å². The van der Waals surface area contributed by atoms with E-state index in [0.717, 1.165) is 23.4 Å². The summed E-state index contributed by atoms with van der Waals surface area (Å²) in [7, 11) is 0. The van der Waals surface area contributed by atoms with Crippen LogP contribution in [0, 0.1) is 0 Å². The lowest BCUT2D eigenvalue weighted by molar-refractivity contribution is 0.0943. The SMILES string of the molecule is CCC1CN(C2CCCC2SC)C(C)CN1. The molecular weight excluding hydrogens is 216 g/mol. The Labute approximate surface area is 105 Å². The molecule has 1 saturated carbocycles. The van der Waals surface area contributed by atoms with Crippen molar-refractivity contribution in [3.8, 4) is 0 Å². The summed E-state index contributed by atoms with van der Waals surface area (Å²) in [5.74, 6) is 0. The van der Waals surface area contributed by atoms with Gasteiger partial charge in [-0.15, -0.1) is 0 Å². The van der Waals surface area contributed by atoms with Gasteiger partial charge in [-0.1, -0.05) is 13.3 Å². The summed E-state index contributed by atoms with van der Waals surface area (Å²) in [6.45, 7) is 7.12.